The molecule has 1 aliphatic rings. The van der Waals surface area contributed by atoms with Gasteiger partial charge >= 0.3 is 5.97 Å². The summed E-state index contributed by atoms with van der Waals surface area (Å²) in [5.41, 5.74) is 0.940. The number of nitrogens with zero attached hydrogens (tertiary/aromatic N) is 2. The Hall–Kier alpha value is -2.32. The third-order valence-electron chi connectivity index (χ3n) is 3.93. The van der Waals surface area contributed by atoms with E-state index in [1.54, 1.807) is 29.1 Å². The van der Waals surface area contributed by atoms with Gasteiger partial charge in [-0.1, -0.05) is 22.9 Å². The molecule has 2 heterocycles. The SMILES string of the molecule is CC(SSc1ccccn1)c1ccc(C(=O)O)c(N2C(=O)CCC2=O)c1. The first-order chi connectivity index (χ1) is 12.5. The van der Waals surface area contributed by atoms with Crippen LogP contribution < -0.4 is 4.90 Å². The first kappa shape index (κ1) is 18.5. The zero-order chi connectivity index (χ0) is 18.7. The van der Waals surface area contributed by atoms with Gasteiger partial charge < -0.3 is 5.11 Å². The maximum absolute atomic E-state index is 12.0. The number of hydrogen-bond donors (Lipinski definition) is 1. The van der Waals surface area contributed by atoms with Gasteiger partial charge in [0, 0.05) is 24.3 Å². The van der Waals surface area contributed by atoms with Gasteiger partial charge in [0.2, 0.25) is 11.8 Å². The van der Waals surface area contributed by atoms with Crippen molar-refractivity contribution in [1.82, 2.24) is 4.98 Å². The number of hydrogen-bond acceptors (Lipinski definition) is 6. The molecule has 1 saturated heterocycles. The number of pyridine rings is 1. The molecular formula is C18H16N2O4S2. The number of rotatable bonds is 6. The number of carbonyl (C=O) groups excluding carboxylic acids is 2. The van der Waals surface area contributed by atoms with E-state index in [0.29, 0.717) is 0 Å². The third-order valence-corrected chi connectivity index (χ3v) is 6.67. The zero-order valence-electron chi connectivity index (χ0n) is 13.9. The van der Waals surface area contributed by atoms with Crippen molar-refractivity contribution in [3.8, 4) is 0 Å². The Kier molecular flexibility index (Phi) is 5.63. The van der Waals surface area contributed by atoms with Crippen molar-refractivity contribution in [3.05, 3.63) is 53.7 Å². The van der Waals surface area contributed by atoms with Gasteiger partial charge in [0.25, 0.3) is 0 Å². The van der Waals surface area contributed by atoms with Crippen LogP contribution in [-0.4, -0.2) is 27.9 Å². The van der Waals surface area contributed by atoms with Crippen molar-refractivity contribution >= 4 is 45.1 Å². The lowest BCUT2D eigenvalue weighted by Gasteiger charge is -2.19. The predicted octanol–water partition coefficient (Wildman–Crippen LogP) is 3.93. The van der Waals surface area contributed by atoms with Crippen LogP contribution in [0.1, 0.15) is 40.9 Å². The largest absolute Gasteiger partial charge is 0.478 e. The molecule has 6 nitrogen and oxygen atoms in total. The van der Waals surface area contributed by atoms with Gasteiger partial charge in [0.05, 0.1) is 11.3 Å². The van der Waals surface area contributed by atoms with E-state index in [2.05, 4.69) is 4.98 Å². The summed E-state index contributed by atoms with van der Waals surface area (Å²) in [5.74, 6) is -1.89. The van der Waals surface area contributed by atoms with E-state index >= 15 is 0 Å². The number of carboxylic acid groups (broad SMARTS) is 1. The second kappa shape index (κ2) is 7.92. The van der Waals surface area contributed by atoms with Crippen LogP contribution in [0.25, 0.3) is 0 Å². The molecule has 1 aromatic heterocycles. The van der Waals surface area contributed by atoms with Crippen LogP contribution in [0, 0.1) is 0 Å². The minimum absolute atomic E-state index is 0.0106. The molecule has 8 heteroatoms. The Morgan fingerprint density at radius 1 is 1.19 bits per heavy atom. The molecule has 134 valence electrons. The average Bonchev–Trinajstić information content (AvgIpc) is 2.98. The highest BCUT2D eigenvalue weighted by atomic mass is 33.1. The van der Waals surface area contributed by atoms with E-state index < -0.39 is 5.97 Å². The van der Waals surface area contributed by atoms with E-state index in [0.717, 1.165) is 15.5 Å². The van der Waals surface area contributed by atoms with Crippen LogP contribution in [0.2, 0.25) is 0 Å². The molecule has 1 unspecified atom stereocenters. The lowest BCUT2D eigenvalue weighted by molar-refractivity contribution is -0.121. The Morgan fingerprint density at radius 2 is 1.92 bits per heavy atom. The fraction of sp³-hybridized carbons (Fsp3) is 0.222. The number of carboxylic acids is 1. The molecule has 0 bridgehead atoms. The second-order valence-electron chi connectivity index (χ2n) is 5.69. The highest BCUT2D eigenvalue weighted by Crippen LogP contribution is 2.42. The van der Waals surface area contributed by atoms with Gasteiger partial charge in [-0.05, 0) is 47.5 Å². The van der Waals surface area contributed by atoms with Crippen LogP contribution in [0.5, 0.6) is 0 Å². The molecule has 1 atom stereocenters. The molecule has 26 heavy (non-hydrogen) atoms. The van der Waals surface area contributed by atoms with Gasteiger partial charge in [0.15, 0.2) is 0 Å². The fourth-order valence-electron chi connectivity index (χ4n) is 2.59. The number of imide groups is 1. The molecule has 1 aliphatic heterocycles. The molecule has 1 aromatic carbocycles. The van der Waals surface area contributed by atoms with Crippen molar-refractivity contribution in [2.45, 2.75) is 30.0 Å². The summed E-state index contributed by atoms with van der Waals surface area (Å²) < 4.78 is 0. The van der Waals surface area contributed by atoms with Crippen molar-refractivity contribution < 1.29 is 19.5 Å². The van der Waals surface area contributed by atoms with Gasteiger partial charge in [-0.15, -0.1) is 0 Å². The van der Waals surface area contributed by atoms with Crippen molar-refractivity contribution in [2.75, 3.05) is 4.90 Å². The van der Waals surface area contributed by atoms with Crippen LogP contribution in [-0.2, 0) is 9.59 Å². The lowest BCUT2D eigenvalue weighted by Crippen LogP contribution is -2.30. The quantitative estimate of drug-likeness (QED) is 0.592. The maximum Gasteiger partial charge on any atom is 0.337 e. The molecule has 2 aromatic rings. The van der Waals surface area contributed by atoms with Gasteiger partial charge in [-0.2, -0.15) is 0 Å². The van der Waals surface area contributed by atoms with Gasteiger partial charge in [-0.3, -0.25) is 9.59 Å². The predicted molar refractivity (Wildman–Crippen MR) is 101 cm³/mol. The summed E-state index contributed by atoms with van der Waals surface area (Å²) >= 11 is 0. The first-order valence-electron chi connectivity index (χ1n) is 7.94. The fourth-order valence-corrected chi connectivity index (χ4v) is 4.68. The first-order valence-corrected chi connectivity index (χ1v) is 10.2. The van der Waals surface area contributed by atoms with E-state index in [4.69, 9.17) is 0 Å². The van der Waals surface area contributed by atoms with Crippen LogP contribution in [0.4, 0.5) is 5.69 Å². The maximum atomic E-state index is 12.0. The van der Waals surface area contributed by atoms with Crippen molar-refractivity contribution in [2.24, 2.45) is 0 Å². The Labute approximate surface area is 158 Å². The summed E-state index contributed by atoms with van der Waals surface area (Å²) in [6.07, 6.45) is 1.95. The summed E-state index contributed by atoms with van der Waals surface area (Å²) in [4.78, 5) is 40.9. The molecule has 1 N–H and O–H groups in total. The zero-order valence-corrected chi connectivity index (χ0v) is 15.5. The van der Waals surface area contributed by atoms with Crippen LogP contribution >= 0.6 is 21.6 Å². The monoisotopic (exact) mass is 388 g/mol. The molecule has 0 aliphatic carbocycles. The highest BCUT2D eigenvalue weighted by molar-refractivity contribution is 8.76. The number of benzene rings is 1. The van der Waals surface area contributed by atoms with Crippen LogP contribution in [0.3, 0.4) is 0 Å². The lowest BCUT2D eigenvalue weighted by atomic mass is 10.1. The average molecular weight is 388 g/mol. The number of anilines is 1. The number of aromatic carboxylic acids is 1. The van der Waals surface area contributed by atoms with E-state index in [9.17, 15) is 19.5 Å². The molecular weight excluding hydrogens is 372 g/mol. The molecule has 2 amide bonds. The topological polar surface area (TPSA) is 87.6 Å². The smallest absolute Gasteiger partial charge is 0.337 e. The standard InChI is InChI=1S/C18H16N2O4S2/c1-11(25-26-15-4-2-3-9-19-15)12-5-6-13(18(23)24)14(10-12)20-16(21)7-8-17(20)22/h2-6,9-11H,7-8H2,1H3,(H,23,24). The Morgan fingerprint density at radius 3 is 2.54 bits per heavy atom. The van der Waals surface area contributed by atoms with E-state index in [1.807, 2.05) is 25.1 Å². The molecule has 0 spiro atoms. The van der Waals surface area contributed by atoms with E-state index in [1.165, 1.54) is 16.9 Å². The summed E-state index contributed by atoms with van der Waals surface area (Å²) in [6.45, 7) is 1.98. The third kappa shape index (κ3) is 3.91. The Bertz CT molecular complexity index is 842. The molecule has 1 fully saturated rings. The summed E-state index contributed by atoms with van der Waals surface area (Å²) in [6, 6.07) is 10.5. The Balaban J connectivity index is 1.86. The highest BCUT2D eigenvalue weighted by Gasteiger charge is 2.33. The van der Waals surface area contributed by atoms with E-state index in [-0.39, 0.29) is 41.2 Å². The number of carbonyl (C=O) groups is 3. The minimum atomic E-state index is -1.16. The van der Waals surface area contributed by atoms with Crippen molar-refractivity contribution in [3.63, 3.8) is 0 Å². The van der Waals surface area contributed by atoms with Gasteiger partial charge in [0.1, 0.15) is 5.03 Å². The molecule has 3 rings (SSSR count). The second-order valence-corrected chi connectivity index (χ2v) is 8.26. The normalized spacial score (nSPS) is 15.3. The number of aromatic nitrogens is 1. The van der Waals surface area contributed by atoms with Crippen LogP contribution in [0.15, 0.2) is 47.6 Å². The molecule has 0 saturated carbocycles. The number of amides is 2. The van der Waals surface area contributed by atoms with Crippen molar-refractivity contribution in [1.29, 1.82) is 0 Å². The minimum Gasteiger partial charge on any atom is -0.478 e. The summed E-state index contributed by atoms with van der Waals surface area (Å²) in [7, 11) is 3.08. The summed E-state index contributed by atoms with van der Waals surface area (Å²) in [5, 5.41) is 10.3. The molecule has 0 radical (unpaired) electrons. The van der Waals surface area contributed by atoms with Gasteiger partial charge in [-0.25, -0.2) is 14.7 Å².